The van der Waals surface area contributed by atoms with Crippen molar-refractivity contribution < 1.29 is 9.59 Å². The Morgan fingerprint density at radius 1 is 1.06 bits per heavy atom. The first-order valence-corrected chi connectivity index (χ1v) is 11.9. The number of piperidine rings is 1. The van der Waals surface area contributed by atoms with Crippen molar-refractivity contribution in [2.75, 3.05) is 45.8 Å². The molecule has 2 heterocycles. The third-order valence-electron chi connectivity index (χ3n) is 7.24. The van der Waals surface area contributed by atoms with Gasteiger partial charge in [0.2, 0.25) is 11.8 Å². The zero-order valence-electron chi connectivity index (χ0n) is 18.8. The highest BCUT2D eigenvalue weighted by Crippen LogP contribution is 2.47. The van der Waals surface area contributed by atoms with Crippen LogP contribution in [0.5, 0.6) is 0 Å². The second-order valence-corrected chi connectivity index (χ2v) is 9.06. The monoisotopic (exact) mass is 424 g/mol. The molecule has 6 heteroatoms. The van der Waals surface area contributed by atoms with E-state index in [2.05, 4.69) is 28.1 Å². The van der Waals surface area contributed by atoms with E-state index in [0.29, 0.717) is 25.9 Å². The standard InChI is InChI=1S/C25H36N4O2/c1-2-27-16-18-28(19-17-27)15-14-26-24(31)25-12-7-6-10-22(25)29(23(30)11-13-25)20-21-8-4-3-5-9-21/h3-5,8-10H,2,6-7,11-20H2,1H3,(H,26,31). The Morgan fingerprint density at radius 2 is 1.81 bits per heavy atom. The minimum Gasteiger partial charge on any atom is -0.354 e. The van der Waals surface area contributed by atoms with Crippen LogP contribution in [0.1, 0.15) is 44.6 Å². The molecule has 31 heavy (non-hydrogen) atoms. The third-order valence-corrected chi connectivity index (χ3v) is 7.24. The van der Waals surface area contributed by atoms with Crippen LogP contribution >= 0.6 is 0 Å². The number of fused-ring (bicyclic) bond motifs is 1. The molecule has 2 amide bonds. The lowest BCUT2D eigenvalue weighted by Crippen LogP contribution is -2.54. The zero-order chi connectivity index (χ0) is 21.7. The summed E-state index contributed by atoms with van der Waals surface area (Å²) in [5.41, 5.74) is 1.49. The van der Waals surface area contributed by atoms with E-state index < -0.39 is 5.41 Å². The van der Waals surface area contributed by atoms with Gasteiger partial charge < -0.3 is 15.1 Å². The van der Waals surface area contributed by atoms with Gasteiger partial charge >= 0.3 is 0 Å². The first-order valence-electron chi connectivity index (χ1n) is 11.9. The van der Waals surface area contributed by atoms with E-state index in [9.17, 15) is 9.59 Å². The topological polar surface area (TPSA) is 55.9 Å². The molecule has 0 spiro atoms. The molecule has 6 nitrogen and oxygen atoms in total. The first-order chi connectivity index (χ1) is 15.1. The lowest BCUT2D eigenvalue weighted by molar-refractivity contribution is -0.141. The molecule has 3 aliphatic rings. The molecule has 1 N–H and O–H groups in total. The van der Waals surface area contributed by atoms with Crippen molar-refractivity contribution in [3.05, 3.63) is 47.7 Å². The van der Waals surface area contributed by atoms with Crippen LogP contribution in [-0.4, -0.2) is 72.3 Å². The summed E-state index contributed by atoms with van der Waals surface area (Å²) in [5.74, 6) is 0.241. The van der Waals surface area contributed by atoms with Crippen LogP contribution < -0.4 is 5.32 Å². The van der Waals surface area contributed by atoms with Crippen LogP contribution in [0.3, 0.4) is 0 Å². The maximum absolute atomic E-state index is 13.5. The van der Waals surface area contributed by atoms with Crippen molar-refractivity contribution in [1.82, 2.24) is 20.0 Å². The maximum Gasteiger partial charge on any atom is 0.232 e. The number of likely N-dealkylation sites (tertiary alicyclic amines) is 1. The number of carbonyl (C=O) groups is 2. The van der Waals surface area contributed by atoms with Gasteiger partial charge in [-0.15, -0.1) is 0 Å². The average molecular weight is 425 g/mol. The van der Waals surface area contributed by atoms with Crippen molar-refractivity contribution in [2.45, 2.75) is 45.6 Å². The quantitative estimate of drug-likeness (QED) is 0.731. The van der Waals surface area contributed by atoms with Gasteiger partial charge in [-0.1, -0.05) is 43.3 Å². The van der Waals surface area contributed by atoms with E-state index >= 15 is 0 Å². The maximum atomic E-state index is 13.5. The highest BCUT2D eigenvalue weighted by atomic mass is 16.2. The summed E-state index contributed by atoms with van der Waals surface area (Å²) in [5, 5.41) is 3.24. The number of likely N-dealkylation sites (N-methyl/N-ethyl adjacent to an activating group) is 1. The first kappa shape index (κ1) is 22.0. The molecule has 2 aliphatic heterocycles. The minimum atomic E-state index is -0.554. The summed E-state index contributed by atoms with van der Waals surface area (Å²) in [7, 11) is 0. The lowest BCUT2D eigenvalue weighted by Gasteiger charge is -2.46. The summed E-state index contributed by atoms with van der Waals surface area (Å²) in [6.07, 6.45) is 5.99. The van der Waals surface area contributed by atoms with E-state index in [4.69, 9.17) is 0 Å². The predicted molar refractivity (Wildman–Crippen MR) is 122 cm³/mol. The molecule has 1 unspecified atom stereocenters. The Kier molecular flexibility index (Phi) is 7.08. The summed E-state index contributed by atoms with van der Waals surface area (Å²) in [6.45, 7) is 9.79. The van der Waals surface area contributed by atoms with Gasteiger partial charge in [-0.3, -0.25) is 14.5 Å². The summed E-state index contributed by atoms with van der Waals surface area (Å²) < 4.78 is 0. The fourth-order valence-corrected chi connectivity index (χ4v) is 5.29. The fourth-order valence-electron chi connectivity index (χ4n) is 5.29. The smallest absolute Gasteiger partial charge is 0.232 e. The van der Waals surface area contributed by atoms with Crippen molar-refractivity contribution in [3.63, 3.8) is 0 Å². The average Bonchev–Trinajstić information content (AvgIpc) is 2.82. The highest BCUT2D eigenvalue weighted by Gasteiger charge is 2.49. The van der Waals surface area contributed by atoms with E-state index in [0.717, 1.165) is 69.8 Å². The second kappa shape index (κ2) is 9.96. The molecule has 1 aromatic rings. The number of carbonyl (C=O) groups excluding carboxylic acids is 2. The van der Waals surface area contributed by atoms with Crippen LogP contribution in [0.2, 0.25) is 0 Å². The third kappa shape index (κ3) is 4.85. The molecular weight excluding hydrogens is 388 g/mol. The number of nitrogens with zero attached hydrogens (tertiary/aromatic N) is 3. The molecule has 2 fully saturated rings. The van der Waals surface area contributed by atoms with Crippen molar-refractivity contribution in [3.8, 4) is 0 Å². The number of amides is 2. The molecule has 0 saturated carbocycles. The van der Waals surface area contributed by atoms with E-state index in [-0.39, 0.29) is 11.8 Å². The van der Waals surface area contributed by atoms with Crippen molar-refractivity contribution in [2.24, 2.45) is 5.41 Å². The van der Waals surface area contributed by atoms with Crippen LogP contribution in [0.25, 0.3) is 0 Å². The van der Waals surface area contributed by atoms with Crippen LogP contribution in [0.15, 0.2) is 42.1 Å². The number of hydrogen-bond acceptors (Lipinski definition) is 4. The molecular formula is C25H36N4O2. The Labute approximate surface area is 186 Å². The largest absolute Gasteiger partial charge is 0.354 e. The highest BCUT2D eigenvalue weighted by molar-refractivity contribution is 5.91. The van der Waals surface area contributed by atoms with E-state index in [1.54, 1.807) is 0 Å². The van der Waals surface area contributed by atoms with Gasteiger partial charge in [0.15, 0.2) is 0 Å². The van der Waals surface area contributed by atoms with Gasteiger partial charge in [-0.2, -0.15) is 0 Å². The Hall–Kier alpha value is -2.18. The molecule has 0 radical (unpaired) electrons. The van der Waals surface area contributed by atoms with Gasteiger partial charge in [-0.05, 0) is 37.8 Å². The summed E-state index contributed by atoms with van der Waals surface area (Å²) >= 11 is 0. The Bertz CT molecular complexity index is 801. The molecule has 1 atom stereocenters. The summed E-state index contributed by atoms with van der Waals surface area (Å²) in [6, 6.07) is 10.1. The molecule has 4 rings (SSSR count). The van der Waals surface area contributed by atoms with Crippen LogP contribution in [-0.2, 0) is 16.1 Å². The normalized spacial score (nSPS) is 25.1. The van der Waals surface area contributed by atoms with Gasteiger partial charge in [0, 0.05) is 51.4 Å². The van der Waals surface area contributed by atoms with Crippen LogP contribution in [0.4, 0.5) is 0 Å². The number of piperazine rings is 1. The predicted octanol–water partition coefficient (Wildman–Crippen LogP) is 2.62. The van der Waals surface area contributed by atoms with Gasteiger partial charge in [0.1, 0.15) is 0 Å². The number of benzene rings is 1. The molecule has 0 bridgehead atoms. The summed E-state index contributed by atoms with van der Waals surface area (Å²) in [4.78, 5) is 33.1. The molecule has 2 saturated heterocycles. The SMILES string of the molecule is CCN1CCN(CCNC(=O)C23CCCC=C2N(Cc2ccccc2)C(=O)CC3)CC1. The number of nitrogens with one attached hydrogen (secondary N) is 1. The van der Waals surface area contributed by atoms with Crippen molar-refractivity contribution in [1.29, 1.82) is 0 Å². The number of rotatable bonds is 7. The zero-order valence-corrected chi connectivity index (χ0v) is 18.8. The molecule has 168 valence electrons. The number of hydrogen-bond donors (Lipinski definition) is 1. The molecule has 1 aromatic carbocycles. The molecule has 1 aliphatic carbocycles. The fraction of sp³-hybridized carbons (Fsp3) is 0.600. The Balaban J connectivity index is 1.40. The van der Waals surface area contributed by atoms with Gasteiger partial charge in [0.25, 0.3) is 0 Å². The van der Waals surface area contributed by atoms with E-state index in [1.807, 2.05) is 35.2 Å². The second-order valence-electron chi connectivity index (χ2n) is 9.06. The van der Waals surface area contributed by atoms with Crippen LogP contribution in [0, 0.1) is 5.41 Å². The number of allylic oxidation sites excluding steroid dienone is 1. The van der Waals surface area contributed by atoms with Gasteiger partial charge in [-0.25, -0.2) is 0 Å². The molecule has 0 aromatic heterocycles. The lowest BCUT2D eigenvalue weighted by atomic mass is 9.69. The van der Waals surface area contributed by atoms with Crippen molar-refractivity contribution >= 4 is 11.8 Å². The van der Waals surface area contributed by atoms with Gasteiger partial charge in [0.05, 0.1) is 12.0 Å². The Morgan fingerprint density at radius 3 is 2.55 bits per heavy atom. The van der Waals surface area contributed by atoms with E-state index in [1.165, 1.54) is 0 Å². The minimum absolute atomic E-state index is 0.108.